The normalized spacial score (nSPS) is 14.4. The van der Waals surface area contributed by atoms with Gasteiger partial charge in [0.2, 0.25) is 0 Å². The van der Waals surface area contributed by atoms with Crippen LogP contribution in [0.2, 0.25) is 0 Å². The molecule has 0 aliphatic carbocycles. The van der Waals surface area contributed by atoms with Crippen LogP contribution < -0.4 is 0 Å². The first-order valence-electron chi connectivity index (χ1n) is 7.61. The molecule has 19 heavy (non-hydrogen) atoms. The van der Waals surface area contributed by atoms with Gasteiger partial charge >= 0.3 is 0 Å². The van der Waals surface area contributed by atoms with Crippen LogP contribution in [0.4, 0.5) is 0 Å². The maximum absolute atomic E-state index is 11.7. The summed E-state index contributed by atoms with van der Waals surface area (Å²) in [5, 5.41) is 0. The van der Waals surface area contributed by atoms with Gasteiger partial charge < -0.3 is 4.79 Å². The Morgan fingerprint density at radius 1 is 1.16 bits per heavy atom. The van der Waals surface area contributed by atoms with E-state index < -0.39 is 0 Å². The molecule has 0 fully saturated rings. The highest BCUT2D eigenvalue weighted by atomic mass is 16.1. The van der Waals surface area contributed by atoms with Crippen LogP contribution in [0.25, 0.3) is 0 Å². The number of carbonyl (C=O) groups excluding carboxylic acids is 1. The fourth-order valence-corrected chi connectivity index (χ4v) is 2.70. The Balaban J connectivity index is 2.91. The second-order valence-electron chi connectivity index (χ2n) is 6.09. The maximum Gasteiger partial charge on any atom is 0.130 e. The van der Waals surface area contributed by atoms with E-state index >= 15 is 0 Å². The van der Waals surface area contributed by atoms with Gasteiger partial charge in [0.15, 0.2) is 0 Å². The van der Waals surface area contributed by atoms with E-state index in [2.05, 4.69) is 52.0 Å². The zero-order valence-corrected chi connectivity index (χ0v) is 12.9. The average molecular weight is 260 g/mol. The van der Waals surface area contributed by atoms with Gasteiger partial charge in [-0.25, -0.2) is 0 Å². The Morgan fingerprint density at radius 2 is 1.84 bits per heavy atom. The van der Waals surface area contributed by atoms with Crippen molar-refractivity contribution < 1.29 is 4.79 Å². The number of rotatable bonds is 8. The largest absolute Gasteiger partial charge is 0.302 e. The first kappa shape index (κ1) is 15.9. The Bertz CT molecular complexity index is 394. The summed E-state index contributed by atoms with van der Waals surface area (Å²) in [7, 11) is 0. The van der Waals surface area contributed by atoms with Crippen LogP contribution in [0, 0.1) is 0 Å². The van der Waals surface area contributed by atoms with Gasteiger partial charge in [0.1, 0.15) is 6.29 Å². The van der Waals surface area contributed by atoms with Crippen molar-refractivity contribution in [3.63, 3.8) is 0 Å². The summed E-state index contributed by atoms with van der Waals surface area (Å²) < 4.78 is 0. The molecule has 1 heteroatoms. The smallest absolute Gasteiger partial charge is 0.130 e. The molecule has 1 aromatic rings. The van der Waals surface area contributed by atoms with Crippen molar-refractivity contribution in [2.24, 2.45) is 0 Å². The lowest BCUT2D eigenvalue weighted by Gasteiger charge is -2.27. The number of unbranched alkanes of at least 4 members (excludes halogenated alkanes) is 3. The lowest BCUT2D eigenvalue weighted by molar-refractivity contribution is -0.112. The molecule has 0 N–H and O–H groups in total. The fourth-order valence-electron chi connectivity index (χ4n) is 2.70. The van der Waals surface area contributed by atoms with Gasteiger partial charge in [-0.1, -0.05) is 70.7 Å². The van der Waals surface area contributed by atoms with Gasteiger partial charge in [0.05, 0.1) is 0 Å². The molecule has 0 heterocycles. The first-order valence-corrected chi connectivity index (χ1v) is 7.61. The van der Waals surface area contributed by atoms with Crippen molar-refractivity contribution in [1.82, 2.24) is 0 Å². The number of hydrogen-bond acceptors (Lipinski definition) is 1. The van der Waals surface area contributed by atoms with Crippen LogP contribution >= 0.6 is 0 Å². The third kappa shape index (κ3) is 4.19. The van der Waals surface area contributed by atoms with E-state index in [1.165, 1.54) is 30.4 Å². The average Bonchev–Trinajstić information content (AvgIpc) is 2.43. The minimum Gasteiger partial charge on any atom is -0.302 e. The predicted molar refractivity (Wildman–Crippen MR) is 82.7 cm³/mol. The summed E-state index contributed by atoms with van der Waals surface area (Å²) in [4.78, 5) is 11.7. The number of benzene rings is 1. The quantitative estimate of drug-likeness (QED) is 0.461. The Hall–Kier alpha value is -1.11. The second-order valence-corrected chi connectivity index (χ2v) is 6.09. The zero-order chi connectivity index (χ0) is 14.3. The van der Waals surface area contributed by atoms with Crippen molar-refractivity contribution in [2.45, 2.75) is 71.1 Å². The molecule has 1 nitrogen and oxygen atoms in total. The van der Waals surface area contributed by atoms with Gasteiger partial charge in [-0.3, -0.25) is 0 Å². The highest BCUT2D eigenvalue weighted by molar-refractivity contribution is 5.69. The standard InChI is InChI=1S/C18H28O/c1-5-6-7-10-13-18(4,14-19)17-12-9-8-11-16(17)15(2)3/h8-9,11-12,14-15H,5-7,10,13H2,1-4H3. The van der Waals surface area contributed by atoms with Gasteiger partial charge in [-0.15, -0.1) is 0 Å². The number of hydrogen-bond donors (Lipinski definition) is 0. The molecule has 0 aliphatic rings. The molecule has 0 spiro atoms. The van der Waals surface area contributed by atoms with Crippen molar-refractivity contribution in [3.8, 4) is 0 Å². The molecule has 0 aromatic heterocycles. The van der Waals surface area contributed by atoms with E-state index in [0.717, 1.165) is 19.1 Å². The summed E-state index contributed by atoms with van der Waals surface area (Å²) in [5.74, 6) is 0.464. The monoisotopic (exact) mass is 260 g/mol. The minimum atomic E-state index is -0.325. The van der Waals surface area contributed by atoms with Gasteiger partial charge in [-0.05, 0) is 30.4 Å². The molecule has 0 aliphatic heterocycles. The van der Waals surface area contributed by atoms with E-state index in [0.29, 0.717) is 5.92 Å². The topological polar surface area (TPSA) is 17.1 Å². The molecule has 0 radical (unpaired) electrons. The Morgan fingerprint density at radius 3 is 2.42 bits per heavy atom. The van der Waals surface area contributed by atoms with Crippen molar-refractivity contribution >= 4 is 6.29 Å². The van der Waals surface area contributed by atoms with Gasteiger partial charge in [0.25, 0.3) is 0 Å². The maximum atomic E-state index is 11.7. The molecule has 1 atom stereocenters. The third-order valence-corrected chi connectivity index (χ3v) is 4.01. The number of aldehydes is 1. The molecule has 0 amide bonds. The summed E-state index contributed by atoms with van der Waals surface area (Å²) in [5.41, 5.74) is 2.21. The Labute approximate surface area is 118 Å². The zero-order valence-electron chi connectivity index (χ0n) is 12.9. The van der Waals surface area contributed by atoms with Crippen molar-refractivity contribution in [2.75, 3.05) is 0 Å². The van der Waals surface area contributed by atoms with E-state index in [-0.39, 0.29) is 5.41 Å². The van der Waals surface area contributed by atoms with Crippen molar-refractivity contribution in [3.05, 3.63) is 35.4 Å². The lowest BCUT2D eigenvalue weighted by Crippen LogP contribution is -2.25. The van der Waals surface area contributed by atoms with E-state index in [9.17, 15) is 4.79 Å². The predicted octanol–water partition coefficient (Wildman–Crippen LogP) is 5.24. The summed E-state index contributed by atoms with van der Waals surface area (Å²) in [6.07, 6.45) is 6.97. The summed E-state index contributed by atoms with van der Waals surface area (Å²) >= 11 is 0. The third-order valence-electron chi connectivity index (χ3n) is 4.01. The molecule has 1 rings (SSSR count). The van der Waals surface area contributed by atoms with Gasteiger partial charge in [-0.2, -0.15) is 0 Å². The van der Waals surface area contributed by atoms with Crippen LogP contribution in [0.1, 0.15) is 76.8 Å². The molecule has 1 aromatic carbocycles. The molecule has 1 unspecified atom stereocenters. The summed E-state index contributed by atoms with van der Waals surface area (Å²) in [6.45, 7) is 8.70. The van der Waals surface area contributed by atoms with Crippen LogP contribution in [0.5, 0.6) is 0 Å². The van der Waals surface area contributed by atoms with Crippen LogP contribution in [0.3, 0.4) is 0 Å². The van der Waals surface area contributed by atoms with E-state index in [1.54, 1.807) is 0 Å². The van der Waals surface area contributed by atoms with E-state index in [1.807, 2.05) is 0 Å². The molecular formula is C18H28O. The van der Waals surface area contributed by atoms with E-state index in [4.69, 9.17) is 0 Å². The van der Waals surface area contributed by atoms with Gasteiger partial charge in [0, 0.05) is 5.41 Å². The summed E-state index contributed by atoms with van der Waals surface area (Å²) in [6, 6.07) is 8.41. The second kappa shape index (κ2) is 7.47. The Kier molecular flexibility index (Phi) is 6.27. The highest BCUT2D eigenvalue weighted by Crippen LogP contribution is 2.33. The van der Waals surface area contributed by atoms with Crippen LogP contribution in [-0.4, -0.2) is 6.29 Å². The highest BCUT2D eigenvalue weighted by Gasteiger charge is 2.28. The van der Waals surface area contributed by atoms with Crippen LogP contribution in [-0.2, 0) is 10.2 Å². The molecule has 0 saturated carbocycles. The fraction of sp³-hybridized carbons (Fsp3) is 0.611. The minimum absolute atomic E-state index is 0.325. The molecule has 0 saturated heterocycles. The molecular weight excluding hydrogens is 232 g/mol. The molecule has 106 valence electrons. The van der Waals surface area contributed by atoms with Crippen molar-refractivity contribution in [1.29, 1.82) is 0 Å². The number of carbonyl (C=O) groups is 1. The lowest BCUT2D eigenvalue weighted by atomic mass is 9.75. The molecule has 0 bridgehead atoms. The SMILES string of the molecule is CCCCCCC(C)(C=O)c1ccccc1C(C)C. The van der Waals surface area contributed by atoms with Crippen LogP contribution in [0.15, 0.2) is 24.3 Å². The first-order chi connectivity index (χ1) is 9.05.